The van der Waals surface area contributed by atoms with Crippen molar-refractivity contribution in [2.75, 3.05) is 13.2 Å². The van der Waals surface area contributed by atoms with Crippen molar-refractivity contribution < 1.29 is 4.74 Å². The smallest absolute Gasteiger partial charge is 0.0813 e. The van der Waals surface area contributed by atoms with E-state index in [0.29, 0.717) is 6.10 Å². The molecule has 128 valence electrons. The zero-order valence-corrected chi connectivity index (χ0v) is 14.8. The van der Waals surface area contributed by atoms with Crippen LogP contribution in [0.3, 0.4) is 0 Å². The van der Waals surface area contributed by atoms with Crippen molar-refractivity contribution >= 4 is 0 Å². The Bertz CT molecular complexity index is 285. The lowest BCUT2D eigenvalue weighted by molar-refractivity contribution is 0.0593. The van der Waals surface area contributed by atoms with E-state index in [9.17, 15) is 0 Å². The van der Waals surface area contributed by atoms with E-state index >= 15 is 0 Å². The van der Waals surface area contributed by atoms with E-state index in [1.807, 2.05) is 0 Å². The van der Waals surface area contributed by atoms with Crippen molar-refractivity contribution in [2.45, 2.75) is 109 Å². The van der Waals surface area contributed by atoms with Crippen LogP contribution in [0.25, 0.3) is 0 Å². The van der Waals surface area contributed by atoms with E-state index in [-0.39, 0.29) is 0 Å². The van der Waals surface area contributed by atoms with Crippen molar-refractivity contribution in [2.24, 2.45) is 5.92 Å². The van der Waals surface area contributed by atoms with Gasteiger partial charge < -0.3 is 4.74 Å². The number of rotatable bonds is 8. The van der Waals surface area contributed by atoms with Crippen LogP contribution in [0.4, 0.5) is 0 Å². The molecule has 0 radical (unpaired) electrons. The van der Waals surface area contributed by atoms with E-state index < -0.39 is 0 Å². The molecular weight excluding hydrogens is 270 g/mol. The second kappa shape index (κ2) is 8.68. The summed E-state index contributed by atoms with van der Waals surface area (Å²) >= 11 is 0. The van der Waals surface area contributed by atoms with Crippen LogP contribution < -0.4 is 0 Å². The second-order valence-electron chi connectivity index (χ2n) is 8.13. The topological polar surface area (TPSA) is 15.8 Å². The monoisotopic (exact) mass is 307 g/mol. The van der Waals surface area contributed by atoms with Crippen molar-refractivity contribution in [1.82, 2.24) is 4.90 Å². The molecule has 0 aromatic heterocycles. The van der Waals surface area contributed by atoms with Crippen LogP contribution in [0.1, 0.15) is 90.4 Å². The Balaban J connectivity index is 1.61. The predicted molar refractivity (Wildman–Crippen MR) is 93.2 cm³/mol. The van der Waals surface area contributed by atoms with Crippen LogP contribution in [-0.4, -0.2) is 36.2 Å². The third-order valence-corrected chi connectivity index (χ3v) is 6.25. The summed E-state index contributed by atoms with van der Waals surface area (Å²) in [5.41, 5.74) is 0. The van der Waals surface area contributed by atoms with Crippen molar-refractivity contribution in [1.29, 1.82) is 0 Å². The Hall–Kier alpha value is -0.0800. The fourth-order valence-corrected chi connectivity index (χ4v) is 4.99. The van der Waals surface area contributed by atoms with Crippen LogP contribution in [-0.2, 0) is 4.74 Å². The van der Waals surface area contributed by atoms with E-state index in [2.05, 4.69) is 11.8 Å². The normalized spacial score (nSPS) is 28.9. The van der Waals surface area contributed by atoms with Gasteiger partial charge in [-0.25, -0.2) is 0 Å². The van der Waals surface area contributed by atoms with Gasteiger partial charge in [0.25, 0.3) is 0 Å². The maximum absolute atomic E-state index is 5.54. The minimum absolute atomic E-state index is 0.608. The lowest BCUT2D eigenvalue weighted by Crippen LogP contribution is -2.47. The van der Waals surface area contributed by atoms with E-state index in [0.717, 1.165) is 24.6 Å². The highest BCUT2D eigenvalue weighted by molar-refractivity contribution is 4.86. The van der Waals surface area contributed by atoms with Crippen LogP contribution >= 0.6 is 0 Å². The number of nitrogens with zero attached hydrogens (tertiary/aromatic N) is 1. The fraction of sp³-hybridized carbons (Fsp3) is 1.00. The van der Waals surface area contributed by atoms with Crippen LogP contribution in [0, 0.1) is 5.92 Å². The Labute approximate surface area is 138 Å². The predicted octanol–water partition coefficient (Wildman–Crippen LogP) is 5.16. The summed E-state index contributed by atoms with van der Waals surface area (Å²) in [4.78, 5) is 3.00. The van der Waals surface area contributed by atoms with Gasteiger partial charge in [-0.2, -0.15) is 0 Å². The summed E-state index contributed by atoms with van der Waals surface area (Å²) in [5.74, 6) is 0.876. The molecule has 3 aliphatic rings. The van der Waals surface area contributed by atoms with Gasteiger partial charge in [0, 0.05) is 18.6 Å². The van der Waals surface area contributed by atoms with Gasteiger partial charge in [0.05, 0.1) is 12.7 Å². The van der Waals surface area contributed by atoms with E-state index in [1.165, 1.54) is 90.0 Å². The fourth-order valence-electron chi connectivity index (χ4n) is 4.99. The first-order valence-electron chi connectivity index (χ1n) is 10.2. The largest absolute Gasteiger partial charge is 0.373 e. The van der Waals surface area contributed by atoms with Gasteiger partial charge in [0.2, 0.25) is 0 Å². The lowest BCUT2D eigenvalue weighted by atomic mass is 9.86. The summed E-state index contributed by atoms with van der Waals surface area (Å²) in [6.07, 6.45) is 19.4. The number of hydrogen-bond acceptors (Lipinski definition) is 2. The lowest BCUT2D eigenvalue weighted by Gasteiger charge is -2.43. The van der Waals surface area contributed by atoms with Crippen molar-refractivity contribution in [3.05, 3.63) is 0 Å². The van der Waals surface area contributed by atoms with Gasteiger partial charge in [-0.05, 0) is 44.4 Å². The zero-order chi connectivity index (χ0) is 15.2. The average molecular weight is 308 g/mol. The molecule has 0 spiro atoms. The molecule has 1 heterocycles. The highest BCUT2D eigenvalue weighted by Crippen LogP contribution is 2.33. The first kappa shape index (κ1) is 16.8. The summed E-state index contributed by atoms with van der Waals surface area (Å²) in [5, 5.41) is 0. The molecule has 3 rings (SSSR count). The standard InChI is InChI=1S/C20H37NO/c1-2-9-17(14-20-16-22-20)15-21(18-10-5-3-6-11-18)19-12-7-4-8-13-19/h17-20H,2-16H2,1H3. The summed E-state index contributed by atoms with van der Waals surface area (Å²) in [6, 6.07) is 1.80. The summed E-state index contributed by atoms with van der Waals surface area (Å²) in [7, 11) is 0. The highest BCUT2D eigenvalue weighted by atomic mass is 16.6. The molecular formula is C20H37NO. The average Bonchev–Trinajstić information content (AvgIpc) is 3.38. The quantitative estimate of drug-likeness (QED) is 0.576. The third kappa shape index (κ3) is 4.96. The number of hydrogen-bond donors (Lipinski definition) is 0. The van der Waals surface area contributed by atoms with E-state index in [4.69, 9.17) is 4.74 Å². The van der Waals surface area contributed by atoms with Gasteiger partial charge in [-0.1, -0.05) is 51.9 Å². The molecule has 2 saturated carbocycles. The molecule has 2 nitrogen and oxygen atoms in total. The molecule has 0 N–H and O–H groups in total. The first-order valence-corrected chi connectivity index (χ1v) is 10.2. The highest BCUT2D eigenvalue weighted by Gasteiger charge is 2.33. The van der Waals surface area contributed by atoms with E-state index in [1.54, 1.807) is 0 Å². The molecule has 0 aromatic rings. The molecule has 0 amide bonds. The molecule has 2 aliphatic carbocycles. The second-order valence-corrected chi connectivity index (χ2v) is 8.13. The van der Waals surface area contributed by atoms with Crippen LogP contribution in [0.15, 0.2) is 0 Å². The number of epoxide rings is 1. The Kier molecular flexibility index (Phi) is 6.62. The molecule has 1 aliphatic heterocycles. The Morgan fingerprint density at radius 3 is 1.91 bits per heavy atom. The van der Waals surface area contributed by atoms with Gasteiger partial charge in [-0.15, -0.1) is 0 Å². The molecule has 22 heavy (non-hydrogen) atoms. The summed E-state index contributed by atoms with van der Waals surface area (Å²) in [6.45, 7) is 4.75. The van der Waals surface area contributed by atoms with Gasteiger partial charge in [-0.3, -0.25) is 4.90 Å². The van der Waals surface area contributed by atoms with Crippen LogP contribution in [0.5, 0.6) is 0 Å². The summed E-state index contributed by atoms with van der Waals surface area (Å²) < 4.78 is 5.54. The molecule has 2 unspecified atom stereocenters. The van der Waals surface area contributed by atoms with Gasteiger partial charge >= 0.3 is 0 Å². The molecule has 2 atom stereocenters. The molecule has 0 aromatic carbocycles. The Morgan fingerprint density at radius 2 is 1.45 bits per heavy atom. The molecule has 1 saturated heterocycles. The SMILES string of the molecule is CCCC(CC1CO1)CN(C1CCCCC1)C1CCCCC1. The zero-order valence-electron chi connectivity index (χ0n) is 14.8. The van der Waals surface area contributed by atoms with Gasteiger partial charge in [0.1, 0.15) is 0 Å². The third-order valence-electron chi connectivity index (χ3n) is 6.25. The number of ether oxygens (including phenoxy) is 1. The van der Waals surface area contributed by atoms with Crippen molar-refractivity contribution in [3.63, 3.8) is 0 Å². The molecule has 0 bridgehead atoms. The first-order chi connectivity index (χ1) is 10.9. The maximum Gasteiger partial charge on any atom is 0.0813 e. The van der Waals surface area contributed by atoms with Crippen LogP contribution in [0.2, 0.25) is 0 Å². The Morgan fingerprint density at radius 1 is 0.909 bits per heavy atom. The molecule has 3 fully saturated rings. The van der Waals surface area contributed by atoms with Crippen molar-refractivity contribution in [3.8, 4) is 0 Å². The molecule has 2 heteroatoms. The minimum Gasteiger partial charge on any atom is -0.373 e. The van der Waals surface area contributed by atoms with Gasteiger partial charge in [0.15, 0.2) is 0 Å². The minimum atomic E-state index is 0.608. The maximum atomic E-state index is 5.54.